The lowest BCUT2D eigenvalue weighted by molar-refractivity contribution is 0.101. The van der Waals surface area contributed by atoms with Crippen molar-refractivity contribution >= 4 is 44.2 Å². The number of ether oxygens (including phenoxy) is 2. The molecule has 0 atom stereocenters. The van der Waals surface area contributed by atoms with E-state index in [0.29, 0.717) is 34.5 Å². The summed E-state index contributed by atoms with van der Waals surface area (Å²) in [6.07, 6.45) is 2.75. The van der Waals surface area contributed by atoms with E-state index in [0.717, 1.165) is 43.4 Å². The summed E-state index contributed by atoms with van der Waals surface area (Å²) < 4.78 is 40.4. The van der Waals surface area contributed by atoms with Crippen molar-refractivity contribution in [2.45, 2.75) is 26.2 Å². The number of sulfonamides is 1. The molecule has 0 radical (unpaired) electrons. The van der Waals surface area contributed by atoms with Crippen LogP contribution in [0.15, 0.2) is 48.7 Å². The zero-order chi connectivity index (χ0) is 31.8. The first-order chi connectivity index (χ1) is 20.7. The van der Waals surface area contributed by atoms with Gasteiger partial charge < -0.3 is 29.2 Å². The Morgan fingerprint density at radius 2 is 1.70 bits per heavy atom. The molecule has 4 aromatic rings. The molecule has 1 fully saturated rings. The Morgan fingerprint density at radius 3 is 2.36 bits per heavy atom. The number of hydrogen-bond acceptors (Lipinski definition) is 9. The first-order valence-electron chi connectivity index (χ1n) is 14.3. The van der Waals surface area contributed by atoms with E-state index in [2.05, 4.69) is 36.9 Å². The lowest BCUT2D eigenvalue weighted by atomic mass is 9.86. The van der Waals surface area contributed by atoms with Crippen LogP contribution in [-0.2, 0) is 22.5 Å². The molecule has 44 heavy (non-hydrogen) atoms. The van der Waals surface area contributed by atoms with Gasteiger partial charge in [-0.05, 0) is 42.3 Å². The van der Waals surface area contributed by atoms with E-state index in [-0.39, 0.29) is 16.9 Å². The van der Waals surface area contributed by atoms with Crippen molar-refractivity contribution < 1.29 is 22.7 Å². The van der Waals surface area contributed by atoms with Gasteiger partial charge in [-0.25, -0.2) is 13.4 Å². The number of piperazine rings is 1. The van der Waals surface area contributed by atoms with Crippen LogP contribution in [0.5, 0.6) is 17.4 Å². The molecule has 0 aliphatic carbocycles. The lowest BCUT2D eigenvalue weighted by Crippen LogP contribution is -2.45. The second kappa shape index (κ2) is 12.0. The average molecular weight is 622 g/mol. The largest absolute Gasteiger partial charge is 0.492 e. The number of rotatable bonds is 8. The van der Waals surface area contributed by atoms with Gasteiger partial charge in [0.1, 0.15) is 5.69 Å². The van der Waals surface area contributed by atoms with Crippen LogP contribution in [0, 0.1) is 0 Å². The number of amides is 1. The summed E-state index contributed by atoms with van der Waals surface area (Å²) in [5, 5.41) is 3.75. The second-order valence-corrected chi connectivity index (χ2v) is 13.8. The standard InChI is InChI=1S/C31H39N7O5S/c1-31(2,3)21-18-22(28(42-6)23(19-21)35-44(7,40)41)33-29(39)24-17-20-9-8-10-25(27(20)37(24)5)43-26-11-12-32-30(34-26)38-15-13-36(4)14-16-38/h8-12,17-19,35H,13-16H2,1-7H3,(H,33,39). The maximum atomic E-state index is 13.7. The highest BCUT2D eigenvalue weighted by atomic mass is 32.2. The number of fused-ring (bicyclic) bond motifs is 1. The zero-order valence-electron chi connectivity index (χ0n) is 26.1. The third-order valence-electron chi connectivity index (χ3n) is 7.57. The minimum Gasteiger partial charge on any atom is -0.492 e. The fourth-order valence-corrected chi connectivity index (χ4v) is 5.73. The fraction of sp³-hybridized carbons (Fsp3) is 0.387. The van der Waals surface area contributed by atoms with Gasteiger partial charge in [-0.15, -0.1) is 0 Å². The van der Waals surface area contributed by atoms with Crippen LogP contribution in [-0.4, -0.2) is 80.4 Å². The highest BCUT2D eigenvalue weighted by Crippen LogP contribution is 2.40. The SMILES string of the molecule is COc1c(NC(=O)c2cc3cccc(Oc4ccnc(N5CCN(C)CC5)n4)c3n2C)cc(C(C)(C)C)cc1NS(C)(=O)=O. The van der Waals surface area contributed by atoms with Crippen LogP contribution in [0.3, 0.4) is 0 Å². The Hall–Kier alpha value is -4.36. The van der Waals surface area contributed by atoms with Gasteiger partial charge in [0, 0.05) is 50.9 Å². The summed E-state index contributed by atoms with van der Waals surface area (Å²) in [5.41, 5.74) is 2.15. The number of anilines is 3. The number of nitrogens with one attached hydrogen (secondary N) is 2. The molecule has 0 unspecified atom stereocenters. The van der Waals surface area contributed by atoms with E-state index >= 15 is 0 Å². The summed E-state index contributed by atoms with van der Waals surface area (Å²) in [6.45, 7) is 9.54. The number of carbonyl (C=O) groups excluding carboxylic acids is 1. The van der Waals surface area contributed by atoms with Crippen LogP contribution in [0.25, 0.3) is 10.9 Å². The highest BCUT2D eigenvalue weighted by Gasteiger charge is 2.24. The maximum Gasteiger partial charge on any atom is 0.272 e. The summed E-state index contributed by atoms with van der Waals surface area (Å²) in [6, 6.07) is 12.6. The Morgan fingerprint density at radius 1 is 1.00 bits per heavy atom. The van der Waals surface area contributed by atoms with Crippen molar-refractivity contribution in [1.82, 2.24) is 19.4 Å². The molecule has 234 valence electrons. The van der Waals surface area contributed by atoms with Crippen molar-refractivity contribution in [1.29, 1.82) is 0 Å². The number of para-hydroxylation sites is 1. The highest BCUT2D eigenvalue weighted by molar-refractivity contribution is 7.92. The molecular weight excluding hydrogens is 582 g/mol. The van der Waals surface area contributed by atoms with Crippen molar-refractivity contribution in [2.24, 2.45) is 7.05 Å². The van der Waals surface area contributed by atoms with Gasteiger partial charge in [0.2, 0.25) is 21.9 Å². The van der Waals surface area contributed by atoms with Crippen molar-refractivity contribution in [2.75, 3.05) is 61.5 Å². The van der Waals surface area contributed by atoms with E-state index in [1.54, 1.807) is 42.1 Å². The molecule has 13 heteroatoms. The van der Waals surface area contributed by atoms with Crippen LogP contribution < -0.4 is 24.4 Å². The van der Waals surface area contributed by atoms with E-state index < -0.39 is 15.9 Å². The van der Waals surface area contributed by atoms with Crippen molar-refractivity contribution in [3.63, 3.8) is 0 Å². The Kier molecular flexibility index (Phi) is 8.45. The van der Waals surface area contributed by atoms with Crippen LogP contribution >= 0.6 is 0 Å². The van der Waals surface area contributed by atoms with E-state index in [1.807, 2.05) is 39.0 Å². The number of nitrogens with zero attached hydrogens (tertiary/aromatic N) is 5. The minimum absolute atomic E-state index is 0.208. The number of methoxy groups -OCH3 is 1. The average Bonchev–Trinajstić information content (AvgIpc) is 3.29. The first-order valence-corrected chi connectivity index (χ1v) is 16.2. The molecule has 1 aliphatic heterocycles. The normalized spacial score (nSPS) is 14.5. The van der Waals surface area contributed by atoms with Gasteiger partial charge in [-0.1, -0.05) is 32.9 Å². The number of aromatic nitrogens is 3. The maximum absolute atomic E-state index is 13.7. The smallest absolute Gasteiger partial charge is 0.272 e. The molecule has 0 bridgehead atoms. The summed E-state index contributed by atoms with van der Waals surface area (Å²) in [4.78, 5) is 27.3. The fourth-order valence-electron chi connectivity index (χ4n) is 5.18. The molecule has 0 saturated carbocycles. The van der Waals surface area contributed by atoms with Crippen LogP contribution in [0.4, 0.5) is 17.3 Å². The monoisotopic (exact) mass is 621 g/mol. The Labute approximate surface area is 258 Å². The summed E-state index contributed by atoms with van der Waals surface area (Å²) in [5.74, 6) is 1.37. The molecule has 1 saturated heterocycles. The molecule has 5 rings (SSSR count). The number of benzene rings is 2. The topological polar surface area (TPSA) is 131 Å². The number of aryl methyl sites for hydroxylation is 1. The molecule has 0 spiro atoms. The third-order valence-corrected chi connectivity index (χ3v) is 8.16. The summed E-state index contributed by atoms with van der Waals surface area (Å²) in [7, 11) is 1.71. The lowest BCUT2D eigenvalue weighted by Gasteiger charge is -2.32. The van der Waals surface area contributed by atoms with Crippen molar-refractivity contribution in [3.05, 3.63) is 59.9 Å². The molecule has 2 aromatic heterocycles. The van der Waals surface area contributed by atoms with Crippen LogP contribution in [0.1, 0.15) is 36.8 Å². The third kappa shape index (κ3) is 6.73. The zero-order valence-corrected chi connectivity index (χ0v) is 26.9. The van der Waals surface area contributed by atoms with E-state index in [1.165, 1.54) is 7.11 Å². The predicted octanol–water partition coefficient (Wildman–Crippen LogP) is 4.44. The van der Waals surface area contributed by atoms with E-state index in [9.17, 15) is 13.2 Å². The van der Waals surface area contributed by atoms with Gasteiger partial charge in [0.15, 0.2) is 11.5 Å². The van der Waals surface area contributed by atoms with Gasteiger partial charge in [-0.3, -0.25) is 9.52 Å². The molecule has 12 nitrogen and oxygen atoms in total. The van der Waals surface area contributed by atoms with Gasteiger partial charge in [0.05, 0.1) is 30.3 Å². The quantitative estimate of drug-likeness (QED) is 0.293. The first kappa shape index (κ1) is 31.1. The summed E-state index contributed by atoms with van der Waals surface area (Å²) >= 11 is 0. The van der Waals surface area contributed by atoms with Gasteiger partial charge >= 0.3 is 0 Å². The molecule has 3 heterocycles. The molecule has 1 aliphatic rings. The van der Waals surface area contributed by atoms with Gasteiger partial charge in [-0.2, -0.15) is 4.98 Å². The number of carbonyl (C=O) groups is 1. The predicted molar refractivity (Wildman–Crippen MR) is 173 cm³/mol. The Balaban J connectivity index is 1.47. The molecule has 2 N–H and O–H groups in total. The van der Waals surface area contributed by atoms with Gasteiger partial charge in [0.25, 0.3) is 5.91 Å². The molecule has 2 aromatic carbocycles. The number of hydrogen-bond donors (Lipinski definition) is 2. The molecular formula is C31H39N7O5S. The molecule has 1 amide bonds. The van der Waals surface area contributed by atoms with E-state index in [4.69, 9.17) is 9.47 Å². The Bertz CT molecular complexity index is 1810. The second-order valence-electron chi connectivity index (χ2n) is 12.1. The number of likely N-dealkylation sites (N-methyl/N-ethyl adjacent to an activating group) is 1. The van der Waals surface area contributed by atoms with Crippen molar-refractivity contribution in [3.8, 4) is 17.4 Å². The minimum atomic E-state index is -3.61. The van der Waals surface area contributed by atoms with Crippen LogP contribution in [0.2, 0.25) is 0 Å².